The second-order valence-corrected chi connectivity index (χ2v) is 12.7. The zero-order chi connectivity index (χ0) is 32.3. The summed E-state index contributed by atoms with van der Waals surface area (Å²) in [7, 11) is 7.01. The van der Waals surface area contributed by atoms with E-state index in [0.717, 1.165) is 16.7 Å². The van der Waals surface area contributed by atoms with Crippen molar-refractivity contribution in [2.75, 3.05) is 49.8 Å². The summed E-state index contributed by atoms with van der Waals surface area (Å²) in [5, 5.41) is -1.13. The molecular formula is C35H38O9S. The molecule has 4 aromatic rings. The van der Waals surface area contributed by atoms with Crippen LogP contribution in [0.2, 0.25) is 0 Å². The summed E-state index contributed by atoms with van der Waals surface area (Å²) in [5.41, 5.74) is 4.10. The summed E-state index contributed by atoms with van der Waals surface area (Å²) in [6, 6.07) is 19.9. The van der Waals surface area contributed by atoms with Gasteiger partial charge in [-0.2, -0.15) is 0 Å². The molecule has 0 saturated carbocycles. The van der Waals surface area contributed by atoms with Crippen LogP contribution in [0.4, 0.5) is 0 Å². The van der Waals surface area contributed by atoms with Gasteiger partial charge in [-0.3, -0.25) is 0 Å². The molecule has 0 fully saturated rings. The van der Waals surface area contributed by atoms with Crippen LogP contribution < -0.4 is 33.2 Å². The standard InChI is InChI=1S/C35H38O9S/c1-38-24-11-8-21(9-12-24)20-45(36,37)35-28-17-26(40-3)19-32(44-7)34(28)27(22-10-13-29(41-4)30(16-22)42-5)15-23-14-25(39-2)18-31(43-6)33(23)35/h8-14,16-19,27,35H,15,20H2,1-7H3/t27-,35?/m1/s1. The van der Waals surface area contributed by atoms with Crippen molar-refractivity contribution in [1.82, 2.24) is 0 Å². The van der Waals surface area contributed by atoms with Gasteiger partial charge in [-0.05, 0) is 65.1 Å². The number of benzene rings is 4. The van der Waals surface area contributed by atoms with E-state index in [2.05, 4.69) is 0 Å². The van der Waals surface area contributed by atoms with Crippen molar-refractivity contribution in [3.05, 3.63) is 100 Å². The van der Waals surface area contributed by atoms with Gasteiger partial charge in [-0.15, -0.1) is 0 Å². The van der Waals surface area contributed by atoms with Crippen molar-refractivity contribution in [3.63, 3.8) is 0 Å². The van der Waals surface area contributed by atoms with Crippen LogP contribution in [0.5, 0.6) is 40.2 Å². The fraction of sp³-hybridized carbons (Fsp3) is 0.314. The van der Waals surface area contributed by atoms with Crippen LogP contribution in [0.15, 0.2) is 66.7 Å². The number of fused-ring (bicyclic) bond motifs is 2. The molecule has 0 radical (unpaired) electrons. The first kappa shape index (κ1) is 31.8. The lowest BCUT2D eigenvalue weighted by atomic mass is 9.84. The Morgan fingerprint density at radius 3 is 1.73 bits per heavy atom. The molecule has 9 nitrogen and oxygen atoms in total. The minimum absolute atomic E-state index is 0.226. The van der Waals surface area contributed by atoms with Crippen molar-refractivity contribution in [3.8, 4) is 40.2 Å². The van der Waals surface area contributed by atoms with Gasteiger partial charge in [0.2, 0.25) is 0 Å². The van der Waals surface area contributed by atoms with E-state index >= 15 is 0 Å². The van der Waals surface area contributed by atoms with Crippen LogP contribution in [0.1, 0.15) is 44.5 Å². The molecule has 0 saturated heterocycles. The molecule has 0 aliphatic heterocycles. The third-order valence-electron chi connectivity index (χ3n) is 8.27. The Morgan fingerprint density at radius 1 is 0.578 bits per heavy atom. The molecule has 2 atom stereocenters. The molecular weight excluding hydrogens is 596 g/mol. The summed E-state index contributed by atoms with van der Waals surface area (Å²) >= 11 is 0. The zero-order valence-corrected chi connectivity index (χ0v) is 27.3. The van der Waals surface area contributed by atoms with Crippen LogP contribution in [0.25, 0.3) is 0 Å². The van der Waals surface area contributed by atoms with Crippen molar-refractivity contribution in [1.29, 1.82) is 0 Å². The molecule has 1 aliphatic carbocycles. The van der Waals surface area contributed by atoms with E-state index in [-0.39, 0.29) is 11.7 Å². The van der Waals surface area contributed by atoms with Gasteiger partial charge in [0.05, 0.1) is 55.5 Å². The van der Waals surface area contributed by atoms with Crippen LogP contribution >= 0.6 is 0 Å². The summed E-state index contributed by atoms with van der Waals surface area (Å²) < 4.78 is 69.2. The Morgan fingerprint density at radius 2 is 1.16 bits per heavy atom. The van der Waals surface area contributed by atoms with Gasteiger partial charge in [0.15, 0.2) is 21.3 Å². The largest absolute Gasteiger partial charge is 0.497 e. The number of methoxy groups -OCH3 is 7. The van der Waals surface area contributed by atoms with Gasteiger partial charge < -0.3 is 33.2 Å². The van der Waals surface area contributed by atoms with Gasteiger partial charge in [0.1, 0.15) is 34.0 Å². The normalized spacial score (nSPS) is 15.6. The van der Waals surface area contributed by atoms with E-state index in [9.17, 15) is 8.42 Å². The SMILES string of the molecule is COc1ccc(CS(=O)(=O)C2c3cc(OC)cc(OC)c3[C@@H](c3ccc(OC)c(OC)c3)Cc3cc(OC)cc(OC)c32)cc1. The van der Waals surface area contributed by atoms with Crippen molar-refractivity contribution in [2.45, 2.75) is 23.3 Å². The van der Waals surface area contributed by atoms with Crippen molar-refractivity contribution >= 4 is 9.84 Å². The van der Waals surface area contributed by atoms with E-state index in [0.29, 0.717) is 63.4 Å². The average Bonchev–Trinajstić information content (AvgIpc) is 3.22. The Balaban J connectivity index is 1.85. The monoisotopic (exact) mass is 634 g/mol. The maximum absolute atomic E-state index is 14.8. The number of hydrogen-bond acceptors (Lipinski definition) is 9. The molecule has 238 valence electrons. The molecule has 0 aromatic heterocycles. The predicted octanol–water partition coefficient (Wildman–Crippen LogP) is 6.14. The fourth-order valence-electron chi connectivity index (χ4n) is 6.15. The molecule has 0 N–H and O–H groups in total. The first-order valence-corrected chi connectivity index (χ1v) is 16.0. The molecule has 1 aliphatic rings. The Hall–Kier alpha value is -4.57. The van der Waals surface area contributed by atoms with E-state index in [1.165, 1.54) is 7.11 Å². The maximum atomic E-state index is 14.8. The Bertz CT molecular complexity index is 1780. The lowest BCUT2D eigenvalue weighted by molar-refractivity contribution is 0.354. The molecule has 5 rings (SSSR count). The molecule has 10 heteroatoms. The Labute approximate surface area is 264 Å². The molecule has 4 aromatic carbocycles. The van der Waals surface area contributed by atoms with Gasteiger partial charge in [-0.1, -0.05) is 18.2 Å². The number of hydrogen-bond donors (Lipinski definition) is 0. The second kappa shape index (κ2) is 13.2. The molecule has 0 amide bonds. The van der Waals surface area contributed by atoms with Crippen LogP contribution in [0, 0.1) is 0 Å². The highest BCUT2D eigenvalue weighted by Gasteiger charge is 2.41. The summed E-state index contributed by atoms with van der Waals surface area (Å²) in [5.74, 6) is 3.15. The minimum atomic E-state index is -3.95. The molecule has 0 bridgehead atoms. The van der Waals surface area contributed by atoms with Gasteiger partial charge >= 0.3 is 0 Å². The predicted molar refractivity (Wildman–Crippen MR) is 172 cm³/mol. The molecule has 45 heavy (non-hydrogen) atoms. The van der Waals surface area contributed by atoms with E-state index < -0.39 is 15.1 Å². The first-order chi connectivity index (χ1) is 21.7. The third kappa shape index (κ3) is 6.07. The number of rotatable bonds is 11. The van der Waals surface area contributed by atoms with Crippen molar-refractivity contribution < 1.29 is 41.6 Å². The smallest absolute Gasteiger partial charge is 0.165 e. The lowest BCUT2D eigenvalue weighted by Gasteiger charge is -2.26. The van der Waals surface area contributed by atoms with Gasteiger partial charge in [-0.25, -0.2) is 8.42 Å². The molecule has 0 spiro atoms. The number of sulfone groups is 1. The lowest BCUT2D eigenvalue weighted by Crippen LogP contribution is -2.20. The highest BCUT2D eigenvalue weighted by atomic mass is 32.2. The van der Waals surface area contributed by atoms with Gasteiger partial charge in [0.25, 0.3) is 0 Å². The first-order valence-electron chi connectivity index (χ1n) is 14.3. The third-order valence-corrected chi connectivity index (χ3v) is 10.2. The topological polar surface area (TPSA) is 98.8 Å². The minimum Gasteiger partial charge on any atom is -0.497 e. The van der Waals surface area contributed by atoms with Crippen molar-refractivity contribution in [2.24, 2.45) is 0 Å². The fourth-order valence-corrected chi connectivity index (χ4v) is 8.18. The van der Waals surface area contributed by atoms with E-state index in [1.807, 2.05) is 24.3 Å². The second-order valence-electron chi connectivity index (χ2n) is 10.6. The molecule has 0 heterocycles. The maximum Gasteiger partial charge on any atom is 0.165 e. The van der Waals surface area contributed by atoms with Crippen LogP contribution in [-0.2, 0) is 22.0 Å². The van der Waals surface area contributed by atoms with Crippen LogP contribution in [-0.4, -0.2) is 58.2 Å². The van der Waals surface area contributed by atoms with Crippen LogP contribution in [0.3, 0.4) is 0 Å². The average molecular weight is 635 g/mol. The summed E-state index contributed by atoms with van der Waals surface area (Å²) in [6.45, 7) is 0. The highest BCUT2D eigenvalue weighted by molar-refractivity contribution is 7.91. The number of ether oxygens (including phenoxy) is 7. The zero-order valence-electron chi connectivity index (χ0n) is 26.5. The van der Waals surface area contributed by atoms with E-state index in [1.54, 1.807) is 85.1 Å². The molecule has 1 unspecified atom stereocenters. The Kier molecular flexibility index (Phi) is 9.34. The van der Waals surface area contributed by atoms with E-state index in [4.69, 9.17) is 33.2 Å². The summed E-state index contributed by atoms with van der Waals surface area (Å²) in [6.07, 6.45) is 0.419. The summed E-state index contributed by atoms with van der Waals surface area (Å²) in [4.78, 5) is 0. The highest BCUT2D eigenvalue weighted by Crippen LogP contribution is 2.53. The quantitative estimate of drug-likeness (QED) is 0.193. The van der Waals surface area contributed by atoms with Gasteiger partial charge in [0, 0.05) is 29.2 Å².